The molecule has 0 bridgehead atoms. The summed E-state index contributed by atoms with van der Waals surface area (Å²) in [7, 11) is 0. The molecule has 3 amide bonds. The lowest BCUT2D eigenvalue weighted by atomic mass is 10.1. The van der Waals surface area contributed by atoms with Gasteiger partial charge in [0.1, 0.15) is 6.04 Å². The highest BCUT2D eigenvalue weighted by Gasteiger charge is 2.41. The van der Waals surface area contributed by atoms with Crippen molar-refractivity contribution in [2.24, 2.45) is 0 Å². The van der Waals surface area contributed by atoms with Gasteiger partial charge in [-0.05, 0) is 50.6 Å². The molecule has 1 aliphatic heterocycles. The maximum absolute atomic E-state index is 12.5. The number of ether oxygens (including phenoxy) is 1. The Labute approximate surface area is 162 Å². The molecule has 0 saturated heterocycles. The highest BCUT2D eigenvalue weighted by atomic mass is 16.5. The number of aryl methyl sites for hydroxylation is 1. The van der Waals surface area contributed by atoms with Gasteiger partial charge in [-0.2, -0.15) is 0 Å². The molecule has 0 fully saturated rings. The summed E-state index contributed by atoms with van der Waals surface area (Å²) in [6.45, 7) is 4.72. The van der Waals surface area contributed by atoms with E-state index in [1.54, 1.807) is 30.3 Å². The summed E-state index contributed by atoms with van der Waals surface area (Å²) in [4.78, 5) is 50.5. The molecule has 7 heteroatoms. The molecule has 144 valence electrons. The van der Waals surface area contributed by atoms with E-state index in [-0.39, 0.29) is 11.1 Å². The largest absolute Gasteiger partial charge is 0.451 e. The van der Waals surface area contributed by atoms with Crippen LogP contribution in [0.15, 0.2) is 48.5 Å². The first-order valence-corrected chi connectivity index (χ1v) is 8.84. The molecule has 1 aliphatic rings. The SMILES string of the molecule is Cc1cccc(NC(=O)[C@H](C)OC(=O)[C@H](C)N2C(=O)c3ccccc3C2=O)c1. The predicted octanol–water partition coefficient (Wildman–Crippen LogP) is 2.55. The van der Waals surface area contributed by atoms with Crippen LogP contribution < -0.4 is 5.32 Å². The lowest BCUT2D eigenvalue weighted by Gasteiger charge is -2.22. The summed E-state index contributed by atoms with van der Waals surface area (Å²) in [5.74, 6) is -2.45. The van der Waals surface area contributed by atoms with Gasteiger partial charge in [0, 0.05) is 5.69 Å². The number of benzene rings is 2. The number of rotatable bonds is 5. The fourth-order valence-corrected chi connectivity index (χ4v) is 2.96. The Kier molecular flexibility index (Phi) is 5.26. The van der Waals surface area contributed by atoms with E-state index in [2.05, 4.69) is 5.32 Å². The molecule has 0 radical (unpaired) electrons. The topological polar surface area (TPSA) is 92.8 Å². The van der Waals surface area contributed by atoms with Gasteiger partial charge in [0.15, 0.2) is 6.10 Å². The second-order valence-corrected chi connectivity index (χ2v) is 6.64. The molecule has 1 heterocycles. The molecule has 28 heavy (non-hydrogen) atoms. The average molecular weight is 380 g/mol. The number of hydrogen-bond acceptors (Lipinski definition) is 5. The van der Waals surface area contributed by atoms with Gasteiger partial charge >= 0.3 is 5.97 Å². The molecule has 3 rings (SSSR count). The zero-order valence-electron chi connectivity index (χ0n) is 15.8. The summed E-state index contributed by atoms with van der Waals surface area (Å²) in [6, 6.07) is 12.4. The third-order valence-corrected chi connectivity index (χ3v) is 4.50. The number of esters is 1. The van der Waals surface area contributed by atoms with Crippen LogP contribution in [-0.4, -0.2) is 40.7 Å². The minimum absolute atomic E-state index is 0.248. The summed E-state index contributed by atoms with van der Waals surface area (Å²) in [6.07, 6.45) is -1.09. The van der Waals surface area contributed by atoms with E-state index in [1.807, 2.05) is 13.0 Å². The number of anilines is 1. The van der Waals surface area contributed by atoms with E-state index >= 15 is 0 Å². The quantitative estimate of drug-likeness (QED) is 0.636. The lowest BCUT2D eigenvalue weighted by molar-refractivity contribution is -0.156. The Morgan fingerprint density at radius 1 is 0.964 bits per heavy atom. The normalized spacial score (nSPS) is 15.0. The van der Waals surface area contributed by atoms with Gasteiger partial charge in [0.25, 0.3) is 17.7 Å². The van der Waals surface area contributed by atoms with Crippen LogP contribution in [0.25, 0.3) is 0 Å². The number of imide groups is 1. The molecule has 0 unspecified atom stereocenters. The lowest BCUT2D eigenvalue weighted by Crippen LogP contribution is -2.45. The summed E-state index contributed by atoms with van der Waals surface area (Å²) in [5, 5.41) is 2.66. The average Bonchev–Trinajstić information content (AvgIpc) is 2.92. The highest BCUT2D eigenvalue weighted by molar-refractivity contribution is 6.22. The van der Waals surface area contributed by atoms with Crippen LogP contribution in [0.4, 0.5) is 5.69 Å². The first kappa shape index (κ1) is 19.3. The zero-order valence-corrected chi connectivity index (χ0v) is 15.8. The third-order valence-electron chi connectivity index (χ3n) is 4.50. The minimum atomic E-state index is -1.15. The molecule has 0 saturated carbocycles. The molecule has 0 aromatic heterocycles. The molecule has 2 atom stereocenters. The second-order valence-electron chi connectivity index (χ2n) is 6.64. The first-order valence-electron chi connectivity index (χ1n) is 8.84. The van der Waals surface area contributed by atoms with E-state index < -0.39 is 35.8 Å². The number of carbonyl (C=O) groups is 4. The standard InChI is InChI=1S/C21H20N2O5/c1-12-7-6-8-15(11-12)22-18(24)14(3)28-21(27)13(2)23-19(25)16-9-4-5-10-17(16)20(23)26/h4-11,13-14H,1-3H3,(H,22,24)/t13-,14-/m0/s1. The molecular weight excluding hydrogens is 360 g/mol. The molecular formula is C21H20N2O5. The zero-order chi connectivity index (χ0) is 20.4. The second kappa shape index (κ2) is 7.64. The Balaban J connectivity index is 1.65. The maximum Gasteiger partial charge on any atom is 0.329 e. The molecule has 7 nitrogen and oxygen atoms in total. The Bertz CT molecular complexity index is 934. The van der Waals surface area contributed by atoms with Crippen molar-refractivity contribution in [3.05, 3.63) is 65.2 Å². The van der Waals surface area contributed by atoms with Crippen molar-refractivity contribution in [2.45, 2.75) is 32.9 Å². The Morgan fingerprint density at radius 2 is 1.57 bits per heavy atom. The number of nitrogens with zero attached hydrogens (tertiary/aromatic N) is 1. The fraction of sp³-hybridized carbons (Fsp3) is 0.238. The van der Waals surface area contributed by atoms with Crippen molar-refractivity contribution in [2.75, 3.05) is 5.32 Å². The van der Waals surface area contributed by atoms with Crippen LogP contribution in [-0.2, 0) is 14.3 Å². The first-order chi connectivity index (χ1) is 13.3. The fourth-order valence-electron chi connectivity index (χ4n) is 2.96. The van der Waals surface area contributed by atoms with Crippen molar-refractivity contribution in [1.29, 1.82) is 0 Å². The maximum atomic E-state index is 12.5. The van der Waals surface area contributed by atoms with Crippen LogP contribution in [0, 0.1) is 6.92 Å². The van der Waals surface area contributed by atoms with Crippen LogP contribution >= 0.6 is 0 Å². The predicted molar refractivity (Wildman–Crippen MR) is 102 cm³/mol. The van der Waals surface area contributed by atoms with Gasteiger partial charge in [-0.1, -0.05) is 24.3 Å². The van der Waals surface area contributed by atoms with Crippen molar-refractivity contribution in [3.63, 3.8) is 0 Å². The van der Waals surface area contributed by atoms with E-state index in [9.17, 15) is 19.2 Å². The van der Waals surface area contributed by atoms with Crippen molar-refractivity contribution >= 4 is 29.4 Å². The highest BCUT2D eigenvalue weighted by Crippen LogP contribution is 2.25. The monoisotopic (exact) mass is 380 g/mol. The van der Waals surface area contributed by atoms with Crippen LogP contribution in [0.1, 0.15) is 40.1 Å². The van der Waals surface area contributed by atoms with E-state index in [0.717, 1.165) is 10.5 Å². The summed E-state index contributed by atoms with van der Waals surface area (Å²) < 4.78 is 5.19. The van der Waals surface area contributed by atoms with Crippen molar-refractivity contribution < 1.29 is 23.9 Å². The van der Waals surface area contributed by atoms with Crippen LogP contribution in [0.2, 0.25) is 0 Å². The van der Waals surface area contributed by atoms with Gasteiger partial charge in [-0.15, -0.1) is 0 Å². The van der Waals surface area contributed by atoms with Crippen molar-refractivity contribution in [1.82, 2.24) is 4.90 Å². The summed E-state index contributed by atoms with van der Waals surface area (Å²) in [5.41, 5.74) is 2.05. The Morgan fingerprint density at radius 3 is 2.14 bits per heavy atom. The molecule has 2 aromatic carbocycles. The number of nitrogens with one attached hydrogen (secondary N) is 1. The number of fused-ring (bicyclic) bond motifs is 1. The van der Waals surface area contributed by atoms with E-state index in [1.165, 1.54) is 26.0 Å². The molecule has 0 spiro atoms. The number of amides is 3. The van der Waals surface area contributed by atoms with Gasteiger partial charge in [0.2, 0.25) is 0 Å². The number of carbonyl (C=O) groups excluding carboxylic acids is 4. The summed E-state index contributed by atoms with van der Waals surface area (Å²) >= 11 is 0. The van der Waals surface area contributed by atoms with E-state index in [0.29, 0.717) is 5.69 Å². The van der Waals surface area contributed by atoms with Gasteiger partial charge in [-0.25, -0.2) is 4.79 Å². The Hall–Kier alpha value is -3.48. The minimum Gasteiger partial charge on any atom is -0.451 e. The van der Waals surface area contributed by atoms with Gasteiger partial charge in [0.05, 0.1) is 11.1 Å². The van der Waals surface area contributed by atoms with Crippen LogP contribution in [0.5, 0.6) is 0 Å². The molecule has 0 aliphatic carbocycles. The van der Waals surface area contributed by atoms with Gasteiger partial charge < -0.3 is 10.1 Å². The van der Waals surface area contributed by atoms with E-state index in [4.69, 9.17) is 4.74 Å². The van der Waals surface area contributed by atoms with Crippen LogP contribution in [0.3, 0.4) is 0 Å². The molecule has 2 aromatic rings. The third kappa shape index (κ3) is 3.64. The van der Waals surface area contributed by atoms with Gasteiger partial charge in [-0.3, -0.25) is 19.3 Å². The smallest absolute Gasteiger partial charge is 0.329 e. The van der Waals surface area contributed by atoms with Crippen molar-refractivity contribution in [3.8, 4) is 0 Å². The number of hydrogen-bond donors (Lipinski definition) is 1. The molecule has 1 N–H and O–H groups in total.